The molecule has 0 aromatic carbocycles. The van der Waals surface area contributed by atoms with Gasteiger partial charge < -0.3 is 19.3 Å². The molecule has 2 rings (SSSR count). The molecule has 1 N–H and O–H groups in total. The zero-order valence-electron chi connectivity index (χ0n) is 8.19. The van der Waals surface area contributed by atoms with E-state index in [2.05, 4.69) is 0 Å². The first kappa shape index (κ1) is 9.40. The largest absolute Gasteiger partial charge is 0.394 e. The van der Waals surface area contributed by atoms with Gasteiger partial charge in [-0.2, -0.15) is 0 Å². The van der Waals surface area contributed by atoms with Gasteiger partial charge in [-0.25, -0.2) is 0 Å². The van der Waals surface area contributed by atoms with Gasteiger partial charge in [0.2, 0.25) is 0 Å². The Labute approximate surface area is 77.8 Å². The molecule has 0 aliphatic carbocycles. The predicted molar refractivity (Wildman–Crippen MR) is 45.2 cm³/mol. The fourth-order valence-corrected chi connectivity index (χ4v) is 2.05. The molecule has 0 unspecified atom stereocenters. The van der Waals surface area contributed by atoms with Crippen LogP contribution in [0.25, 0.3) is 0 Å². The third kappa shape index (κ3) is 1.48. The summed E-state index contributed by atoms with van der Waals surface area (Å²) < 4.78 is 16.8. The van der Waals surface area contributed by atoms with Crippen LogP contribution in [0.3, 0.4) is 0 Å². The Morgan fingerprint density at radius 1 is 1.23 bits per heavy atom. The van der Waals surface area contributed by atoms with Crippen molar-refractivity contribution >= 4 is 0 Å². The molecule has 0 spiro atoms. The molecule has 2 heterocycles. The Hall–Kier alpha value is -0.160. The van der Waals surface area contributed by atoms with Gasteiger partial charge in [-0.15, -0.1) is 0 Å². The normalized spacial score (nSPS) is 48.0. The highest BCUT2D eigenvalue weighted by molar-refractivity contribution is 4.96. The van der Waals surface area contributed by atoms with Crippen LogP contribution < -0.4 is 0 Å². The Morgan fingerprint density at radius 3 is 2.46 bits per heavy atom. The minimum absolute atomic E-state index is 0.00363. The van der Waals surface area contributed by atoms with Gasteiger partial charge in [-0.1, -0.05) is 0 Å². The third-order valence-electron chi connectivity index (χ3n) is 2.56. The van der Waals surface area contributed by atoms with Crippen LogP contribution in [-0.2, 0) is 14.2 Å². The molecule has 2 saturated heterocycles. The van der Waals surface area contributed by atoms with Crippen molar-refractivity contribution in [1.82, 2.24) is 0 Å². The van der Waals surface area contributed by atoms with Crippen molar-refractivity contribution in [2.75, 3.05) is 6.61 Å². The minimum atomic E-state index is -0.541. The fourth-order valence-electron chi connectivity index (χ4n) is 2.05. The van der Waals surface area contributed by atoms with Gasteiger partial charge in [0, 0.05) is 0 Å². The van der Waals surface area contributed by atoms with Crippen LogP contribution in [0.2, 0.25) is 0 Å². The van der Waals surface area contributed by atoms with Crippen molar-refractivity contribution in [1.29, 1.82) is 0 Å². The predicted octanol–water partition coefficient (Wildman–Crippen LogP) is 0.286. The van der Waals surface area contributed by atoms with Crippen LogP contribution in [0.15, 0.2) is 0 Å². The average Bonchev–Trinajstić information content (AvgIpc) is 2.47. The van der Waals surface area contributed by atoms with E-state index in [0.717, 1.165) is 0 Å². The molecular weight excluding hydrogens is 172 g/mol. The molecule has 2 fully saturated rings. The Morgan fingerprint density at radius 2 is 1.85 bits per heavy atom. The maximum Gasteiger partial charge on any atom is 0.164 e. The van der Waals surface area contributed by atoms with E-state index >= 15 is 0 Å². The molecule has 0 amide bonds. The molecule has 0 aromatic heterocycles. The lowest BCUT2D eigenvalue weighted by atomic mass is 10.1. The van der Waals surface area contributed by atoms with Gasteiger partial charge in [0.25, 0.3) is 0 Å². The van der Waals surface area contributed by atoms with Crippen molar-refractivity contribution in [3.63, 3.8) is 0 Å². The molecule has 0 saturated carbocycles. The number of aliphatic hydroxyl groups is 1. The van der Waals surface area contributed by atoms with Gasteiger partial charge in [-0.3, -0.25) is 0 Å². The first-order valence-electron chi connectivity index (χ1n) is 4.65. The Kier molecular flexibility index (Phi) is 2.11. The zero-order chi connectivity index (χ0) is 9.64. The second kappa shape index (κ2) is 2.92. The fraction of sp³-hybridized carbons (Fsp3) is 1.00. The Balaban J connectivity index is 2.12. The maximum atomic E-state index is 9.04. The van der Waals surface area contributed by atoms with E-state index in [1.54, 1.807) is 0 Å². The molecule has 13 heavy (non-hydrogen) atoms. The number of hydrogen-bond acceptors (Lipinski definition) is 4. The van der Waals surface area contributed by atoms with Gasteiger partial charge in [0.1, 0.15) is 18.3 Å². The van der Waals surface area contributed by atoms with E-state index in [4.69, 9.17) is 19.3 Å². The number of aliphatic hydroxyl groups excluding tert-OH is 1. The summed E-state index contributed by atoms with van der Waals surface area (Å²) in [5, 5.41) is 9.04. The second-order valence-electron chi connectivity index (χ2n) is 4.13. The van der Waals surface area contributed by atoms with Crippen LogP contribution >= 0.6 is 0 Å². The van der Waals surface area contributed by atoms with Crippen LogP contribution in [0.4, 0.5) is 0 Å². The van der Waals surface area contributed by atoms with Crippen molar-refractivity contribution in [3.8, 4) is 0 Å². The quantitative estimate of drug-likeness (QED) is 0.642. The lowest BCUT2D eigenvalue weighted by Gasteiger charge is -2.22. The Bertz CT molecular complexity index is 204. The van der Waals surface area contributed by atoms with Gasteiger partial charge >= 0.3 is 0 Å². The summed E-state index contributed by atoms with van der Waals surface area (Å²) in [5.41, 5.74) is 0. The summed E-state index contributed by atoms with van der Waals surface area (Å²) in [4.78, 5) is 0. The van der Waals surface area contributed by atoms with Gasteiger partial charge in [-0.05, 0) is 20.8 Å². The minimum Gasteiger partial charge on any atom is -0.394 e. The van der Waals surface area contributed by atoms with E-state index in [9.17, 15) is 0 Å². The SMILES string of the molecule is C[C@@H]1O[C@H](CO)[C@H]2OC(C)(C)O[C@H]21. The second-order valence-corrected chi connectivity index (χ2v) is 4.13. The molecule has 4 nitrogen and oxygen atoms in total. The number of fused-ring (bicyclic) bond motifs is 1. The highest BCUT2D eigenvalue weighted by atomic mass is 16.8. The van der Waals surface area contributed by atoms with Crippen LogP contribution in [-0.4, -0.2) is 41.9 Å². The average molecular weight is 188 g/mol. The number of rotatable bonds is 1. The molecule has 0 bridgehead atoms. The molecule has 0 radical (unpaired) electrons. The van der Waals surface area contributed by atoms with E-state index in [-0.39, 0.29) is 31.0 Å². The zero-order valence-corrected chi connectivity index (χ0v) is 8.19. The van der Waals surface area contributed by atoms with Crippen LogP contribution in [0.5, 0.6) is 0 Å². The van der Waals surface area contributed by atoms with Gasteiger partial charge in [0.05, 0.1) is 12.7 Å². The van der Waals surface area contributed by atoms with E-state index < -0.39 is 5.79 Å². The van der Waals surface area contributed by atoms with E-state index in [0.29, 0.717) is 0 Å². The van der Waals surface area contributed by atoms with Crippen molar-refractivity contribution in [2.24, 2.45) is 0 Å². The number of ether oxygens (including phenoxy) is 3. The molecule has 0 aromatic rings. The van der Waals surface area contributed by atoms with Gasteiger partial charge in [0.15, 0.2) is 5.79 Å². The smallest absolute Gasteiger partial charge is 0.164 e. The summed E-state index contributed by atoms with van der Waals surface area (Å²) in [6.07, 6.45) is -0.382. The molecule has 4 atom stereocenters. The lowest BCUT2D eigenvalue weighted by molar-refractivity contribution is -0.188. The van der Waals surface area contributed by atoms with E-state index in [1.807, 2.05) is 20.8 Å². The highest BCUT2D eigenvalue weighted by Gasteiger charge is 2.53. The maximum absolute atomic E-state index is 9.04. The summed E-state index contributed by atoms with van der Waals surface area (Å²) in [7, 11) is 0. The highest BCUT2D eigenvalue weighted by Crippen LogP contribution is 2.38. The molecule has 2 aliphatic heterocycles. The molecule has 76 valence electrons. The molecule has 2 aliphatic rings. The van der Waals surface area contributed by atoms with Crippen LogP contribution in [0, 0.1) is 0 Å². The van der Waals surface area contributed by atoms with Crippen molar-refractivity contribution in [3.05, 3.63) is 0 Å². The monoisotopic (exact) mass is 188 g/mol. The van der Waals surface area contributed by atoms with Crippen LogP contribution in [0.1, 0.15) is 20.8 Å². The summed E-state index contributed by atoms with van der Waals surface area (Å²) in [6.45, 7) is 5.70. The van der Waals surface area contributed by atoms with E-state index in [1.165, 1.54) is 0 Å². The number of hydrogen-bond donors (Lipinski definition) is 1. The van der Waals surface area contributed by atoms with Crippen molar-refractivity contribution < 1.29 is 19.3 Å². The van der Waals surface area contributed by atoms with Crippen molar-refractivity contribution in [2.45, 2.75) is 51.0 Å². The summed E-state index contributed by atoms with van der Waals surface area (Å²) >= 11 is 0. The lowest BCUT2D eigenvalue weighted by Crippen LogP contribution is -2.31. The molecule has 4 heteroatoms. The topological polar surface area (TPSA) is 47.9 Å². The summed E-state index contributed by atoms with van der Waals surface area (Å²) in [6, 6.07) is 0. The first-order chi connectivity index (χ1) is 6.03. The standard InChI is InChI=1S/C9H16O4/c1-5-7-8(6(4-10)11-5)13-9(2,3)12-7/h5-8,10H,4H2,1-3H3/t5-,6+,7-,8+/m0/s1. The third-order valence-corrected chi connectivity index (χ3v) is 2.56. The first-order valence-corrected chi connectivity index (χ1v) is 4.65. The summed E-state index contributed by atoms with van der Waals surface area (Å²) in [5.74, 6) is -0.541. The molecular formula is C9H16O4.